The average molecular weight is 182 g/mol. The number of ether oxygens (including phenoxy) is 2. The van der Waals surface area contributed by atoms with Crippen LogP contribution in [0.2, 0.25) is 0 Å². The lowest BCUT2D eigenvalue weighted by atomic mass is 10.2. The van der Waals surface area contributed by atoms with E-state index in [2.05, 4.69) is 6.58 Å². The van der Waals surface area contributed by atoms with Crippen LogP contribution in [0.1, 0.15) is 27.2 Å². The standard InChI is InChI=1S/C11H18O2/c1-5-7-12-11(9-10(3)4)13-8-6-2/h5-8,11H,3,9H2,1-2,4H3. The quantitative estimate of drug-likeness (QED) is 0.356. The highest BCUT2D eigenvalue weighted by Crippen LogP contribution is 2.08. The largest absolute Gasteiger partial charge is 0.463 e. The minimum absolute atomic E-state index is 0.259. The molecule has 0 heterocycles. The fraction of sp³-hybridized carbons (Fsp3) is 0.455. The minimum Gasteiger partial charge on any atom is -0.463 e. The van der Waals surface area contributed by atoms with Crippen LogP contribution < -0.4 is 0 Å². The Morgan fingerprint density at radius 1 is 1.23 bits per heavy atom. The van der Waals surface area contributed by atoms with Crippen molar-refractivity contribution in [2.24, 2.45) is 0 Å². The first-order valence-electron chi connectivity index (χ1n) is 4.38. The van der Waals surface area contributed by atoms with Crippen LogP contribution in [-0.4, -0.2) is 6.29 Å². The van der Waals surface area contributed by atoms with Crippen molar-refractivity contribution >= 4 is 0 Å². The van der Waals surface area contributed by atoms with Crippen molar-refractivity contribution in [3.8, 4) is 0 Å². The Balaban J connectivity index is 3.93. The molecule has 0 aliphatic heterocycles. The summed E-state index contributed by atoms with van der Waals surface area (Å²) in [5.41, 5.74) is 1.04. The maximum atomic E-state index is 5.29. The van der Waals surface area contributed by atoms with Gasteiger partial charge in [-0.1, -0.05) is 24.3 Å². The van der Waals surface area contributed by atoms with Crippen LogP contribution in [0.25, 0.3) is 0 Å². The molecule has 0 saturated carbocycles. The first-order valence-corrected chi connectivity index (χ1v) is 4.38. The smallest absolute Gasteiger partial charge is 0.242 e. The normalized spacial score (nSPS) is 13.5. The molecule has 0 bridgehead atoms. The van der Waals surface area contributed by atoms with E-state index < -0.39 is 0 Å². The third-order valence-electron chi connectivity index (χ3n) is 1.25. The molecule has 2 heteroatoms. The van der Waals surface area contributed by atoms with Crippen molar-refractivity contribution in [1.29, 1.82) is 0 Å². The van der Waals surface area contributed by atoms with E-state index >= 15 is 0 Å². The van der Waals surface area contributed by atoms with Crippen molar-refractivity contribution in [2.75, 3.05) is 0 Å². The first kappa shape index (κ1) is 11.8. The van der Waals surface area contributed by atoms with E-state index in [1.807, 2.05) is 32.9 Å². The molecule has 2 nitrogen and oxygen atoms in total. The molecule has 0 saturated heterocycles. The second-order valence-corrected chi connectivity index (χ2v) is 2.80. The molecule has 0 spiro atoms. The molecular formula is C11H18O2. The van der Waals surface area contributed by atoms with Gasteiger partial charge in [0.15, 0.2) is 0 Å². The minimum atomic E-state index is -0.259. The van der Waals surface area contributed by atoms with Gasteiger partial charge < -0.3 is 9.47 Å². The van der Waals surface area contributed by atoms with Crippen LogP contribution in [0.5, 0.6) is 0 Å². The maximum absolute atomic E-state index is 5.29. The summed E-state index contributed by atoms with van der Waals surface area (Å²) in [6, 6.07) is 0. The molecule has 0 aliphatic carbocycles. The van der Waals surface area contributed by atoms with E-state index in [9.17, 15) is 0 Å². The lowest BCUT2D eigenvalue weighted by molar-refractivity contribution is -0.0597. The zero-order valence-electron chi connectivity index (χ0n) is 8.62. The van der Waals surface area contributed by atoms with Crippen molar-refractivity contribution in [2.45, 2.75) is 33.5 Å². The molecule has 0 rings (SSSR count). The number of rotatable bonds is 6. The van der Waals surface area contributed by atoms with Crippen molar-refractivity contribution in [3.63, 3.8) is 0 Å². The molecule has 13 heavy (non-hydrogen) atoms. The molecule has 0 radical (unpaired) electrons. The monoisotopic (exact) mass is 182 g/mol. The van der Waals surface area contributed by atoms with E-state index in [1.165, 1.54) is 0 Å². The third kappa shape index (κ3) is 7.19. The van der Waals surface area contributed by atoms with Crippen molar-refractivity contribution in [1.82, 2.24) is 0 Å². The van der Waals surface area contributed by atoms with E-state index in [0.717, 1.165) is 5.57 Å². The first-order chi connectivity index (χ1) is 6.20. The Bertz CT molecular complexity index is 178. The summed E-state index contributed by atoms with van der Waals surface area (Å²) in [5.74, 6) is 0. The SMILES string of the molecule is C=C(C)CC(OC=CC)OC=CC. The molecule has 0 N–H and O–H groups in total. The Morgan fingerprint density at radius 3 is 2.00 bits per heavy atom. The Hall–Kier alpha value is -1.18. The Morgan fingerprint density at radius 2 is 1.69 bits per heavy atom. The van der Waals surface area contributed by atoms with Gasteiger partial charge >= 0.3 is 0 Å². The molecule has 0 aromatic rings. The van der Waals surface area contributed by atoms with Gasteiger partial charge in [-0.2, -0.15) is 0 Å². The average Bonchev–Trinajstić information content (AvgIpc) is 2.09. The second-order valence-electron chi connectivity index (χ2n) is 2.80. The molecule has 0 aromatic carbocycles. The predicted octanol–water partition coefficient (Wildman–Crippen LogP) is 3.38. The predicted molar refractivity (Wildman–Crippen MR) is 55.0 cm³/mol. The molecule has 0 aromatic heterocycles. The molecule has 0 aliphatic rings. The van der Waals surface area contributed by atoms with E-state index in [-0.39, 0.29) is 6.29 Å². The molecule has 0 atom stereocenters. The van der Waals surface area contributed by atoms with Crippen LogP contribution >= 0.6 is 0 Å². The fourth-order valence-corrected chi connectivity index (χ4v) is 0.745. The van der Waals surface area contributed by atoms with E-state index in [0.29, 0.717) is 6.42 Å². The van der Waals surface area contributed by atoms with Gasteiger partial charge in [0.25, 0.3) is 0 Å². The van der Waals surface area contributed by atoms with Gasteiger partial charge in [-0.15, -0.1) is 0 Å². The van der Waals surface area contributed by atoms with Crippen molar-refractivity contribution in [3.05, 3.63) is 36.8 Å². The summed E-state index contributed by atoms with van der Waals surface area (Å²) in [6.07, 6.45) is 7.34. The molecule has 0 unspecified atom stereocenters. The number of hydrogen-bond donors (Lipinski definition) is 0. The molecule has 74 valence electrons. The van der Waals surface area contributed by atoms with Crippen molar-refractivity contribution < 1.29 is 9.47 Å². The highest BCUT2D eigenvalue weighted by atomic mass is 16.7. The van der Waals surface area contributed by atoms with Crippen LogP contribution in [0, 0.1) is 0 Å². The summed E-state index contributed by atoms with van der Waals surface area (Å²) >= 11 is 0. The zero-order valence-corrected chi connectivity index (χ0v) is 8.62. The number of hydrogen-bond acceptors (Lipinski definition) is 2. The third-order valence-corrected chi connectivity index (χ3v) is 1.25. The maximum Gasteiger partial charge on any atom is 0.242 e. The highest BCUT2D eigenvalue weighted by molar-refractivity contribution is 4.90. The number of allylic oxidation sites excluding steroid dienone is 2. The van der Waals surface area contributed by atoms with Gasteiger partial charge in [0.1, 0.15) is 0 Å². The zero-order chi connectivity index (χ0) is 10.1. The van der Waals surface area contributed by atoms with Crippen LogP contribution in [-0.2, 0) is 9.47 Å². The van der Waals surface area contributed by atoms with Gasteiger partial charge in [-0.25, -0.2) is 0 Å². The summed E-state index contributed by atoms with van der Waals surface area (Å²) in [5, 5.41) is 0. The summed E-state index contributed by atoms with van der Waals surface area (Å²) in [6.45, 7) is 9.54. The Labute approximate surface area is 80.5 Å². The lowest BCUT2D eigenvalue weighted by Crippen LogP contribution is -2.11. The summed E-state index contributed by atoms with van der Waals surface area (Å²) in [4.78, 5) is 0. The van der Waals surface area contributed by atoms with Gasteiger partial charge in [0, 0.05) is 6.42 Å². The van der Waals surface area contributed by atoms with Gasteiger partial charge in [-0.05, 0) is 20.8 Å². The van der Waals surface area contributed by atoms with Gasteiger partial charge in [0.05, 0.1) is 12.5 Å². The van der Waals surface area contributed by atoms with E-state index in [4.69, 9.17) is 9.47 Å². The molecular weight excluding hydrogens is 164 g/mol. The van der Waals surface area contributed by atoms with E-state index in [1.54, 1.807) is 12.5 Å². The van der Waals surface area contributed by atoms with Crippen LogP contribution in [0.4, 0.5) is 0 Å². The fourth-order valence-electron chi connectivity index (χ4n) is 0.745. The van der Waals surface area contributed by atoms with Gasteiger partial charge in [-0.3, -0.25) is 0 Å². The molecule has 0 amide bonds. The lowest BCUT2D eigenvalue weighted by Gasteiger charge is -2.15. The molecule has 0 fully saturated rings. The highest BCUT2D eigenvalue weighted by Gasteiger charge is 2.06. The van der Waals surface area contributed by atoms with Crippen LogP contribution in [0.3, 0.4) is 0 Å². The van der Waals surface area contributed by atoms with Gasteiger partial charge in [0.2, 0.25) is 6.29 Å². The summed E-state index contributed by atoms with van der Waals surface area (Å²) < 4.78 is 10.6. The summed E-state index contributed by atoms with van der Waals surface area (Å²) in [7, 11) is 0. The Kier molecular flexibility index (Phi) is 6.79. The second kappa shape index (κ2) is 7.47. The van der Waals surface area contributed by atoms with Crippen LogP contribution in [0.15, 0.2) is 36.8 Å². The topological polar surface area (TPSA) is 18.5 Å².